The van der Waals surface area contributed by atoms with Gasteiger partial charge in [-0.15, -0.1) is 0 Å². The molecular formula is C13H14N4O2. The van der Waals surface area contributed by atoms with Crippen LogP contribution in [0.25, 0.3) is 0 Å². The van der Waals surface area contributed by atoms with Crippen molar-refractivity contribution in [3.63, 3.8) is 0 Å². The topological polar surface area (TPSA) is 90.0 Å². The van der Waals surface area contributed by atoms with E-state index in [4.69, 9.17) is 5.73 Å². The van der Waals surface area contributed by atoms with E-state index in [0.717, 1.165) is 5.56 Å². The fourth-order valence-electron chi connectivity index (χ4n) is 1.80. The summed E-state index contributed by atoms with van der Waals surface area (Å²) < 4.78 is 1.33. The number of aryl methyl sites for hydroxylation is 2. The number of anilines is 1. The maximum atomic E-state index is 12.1. The SMILES string of the molecule is Cc1cccc(C(=O)Nc2cnn(C)c2C(N)=O)c1. The minimum atomic E-state index is -0.639. The third-order valence-electron chi connectivity index (χ3n) is 2.70. The summed E-state index contributed by atoms with van der Waals surface area (Å²) in [6, 6.07) is 7.15. The van der Waals surface area contributed by atoms with E-state index in [0.29, 0.717) is 11.3 Å². The Balaban J connectivity index is 2.27. The van der Waals surface area contributed by atoms with Crippen LogP contribution in [-0.2, 0) is 7.05 Å². The minimum Gasteiger partial charge on any atom is -0.364 e. The molecule has 6 nitrogen and oxygen atoms in total. The first-order valence-electron chi connectivity index (χ1n) is 5.69. The molecule has 0 bridgehead atoms. The zero-order valence-electron chi connectivity index (χ0n) is 10.7. The number of carbonyl (C=O) groups is 2. The van der Waals surface area contributed by atoms with Crippen molar-refractivity contribution in [2.24, 2.45) is 12.8 Å². The highest BCUT2D eigenvalue weighted by Crippen LogP contribution is 2.15. The monoisotopic (exact) mass is 258 g/mol. The van der Waals surface area contributed by atoms with Crippen molar-refractivity contribution in [1.82, 2.24) is 9.78 Å². The number of nitrogens with zero attached hydrogens (tertiary/aromatic N) is 2. The molecule has 2 amide bonds. The summed E-state index contributed by atoms with van der Waals surface area (Å²) >= 11 is 0. The van der Waals surface area contributed by atoms with Gasteiger partial charge in [-0.3, -0.25) is 14.3 Å². The molecule has 98 valence electrons. The fourth-order valence-corrected chi connectivity index (χ4v) is 1.80. The fraction of sp³-hybridized carbons (Fsp3) is 0.154. The Hall–Kier alpha value is -2.63. The lowest BCUT2D eigenvalue weighted by Gasteiger charge is -2.05. The third kappa shape index (κ3) is 2.62. The second kappa shape index (κ2) is 4.93. The predicted octanol–water partition coefficient (Wildman–Crippen LogP) is 1.08. The third-order valence-corrected chi connectivity index (χ3v) is 2.70. The molecule has 1 aromatic heterocycles. The largest absolute Gasteiger partial charge is 0.364 e. The molecule has 2 rings (SSSR count). The lowest BCUT2D eigenvalue weighted by molar-refractivity contribution is 0.0992. The molecule has 0 saturated carbocycles. The van der Waals surface area contributed by atoms with Gasteiger partial charge in [-0.1, -0.05) is 17.7 Å². The zero-order chi connectivity index (χ0) is 14.0. The predicted molar refractivity (Wildman–Crippen MR) is 70.9 cm³/mol. The van der Waals surface area contributed by atoms with Crippen molar-refractivity contribution in [1.29, 1.82) is 0 Å². The number of aromatic nitrogens is 2. The smallest absolute Gasteiger partial charge is 0.269 e. The van der Waals surface area contributed by atoms with Crippen LogP contribution in [0.5, 0.6) is 0 Å². The Labute approximate surface area is 110 Å². The average Bonchev–Trinajstić information content (AvgIpc) is 2.70. The van der Waals surface area contributed by atoms with Gasteiger partial charge in [0, 0.05) is 12.6 Å². The van der Waals surface area contributed by atoms with Crippen LogP contribution in [0.3, 0.4) is 0 Å². The Morgan fingerprint density at radius 2 is 2.11 bits per heavy atom. The molecule has 1 heterocycles. The quantitative estimate of drug-likeness (QED) is 0.863. The van der Waals surface area contributed by atoms with Gasteiger partial charge in [0.15, 0.2) is 0 Å². The van der Waals surface area contributed by atoms with E-state index in [2.05, 4.69) is 10.4 Å². The van der Waals surface area contributed by atoms with Crippen LogP contribution in [0, 0.1) is 6.92 Å². The van der Waals surface area contributed by atoms with Crippen molar-refractivity contribution < 1.29 is 9.59 Å². The Morgan fingerprint density at radius 1 is 1.37 bits per heavy atom. The van der Waals surface area contributed by atoms with Gasteiger partial charge in [-0.25, -0.2) is 0 Å². The molecule has 0 aliphatic rings. The van der Waals surface area contributed by atoms with Gasteiger partial charge in [0.1, 0.15) is 5.69 Å². The summed E-state index contributed by atoms with van der Waals surface area (Å²) in [7, 11) is 1.59. The maximum Gasteiger partial charge on any atom is 0.269 e. The van der Waals surface area contributed by atoms with Gasteiger partial charge in [0.05, 0.1) is 11.9 Å². The van der Waals surface area contributed by atoms with Crippen LogP contribution in [0.4, 0.5) is 5.69 Å². The molecule has 0 aliphatic carbocycles. The standard InChI is InChI=1S/C13H14N4O2/c1-8-4-3-5-9(6-8)13(19)16-10-7-15-17(2)11(10)12(14)18/h3-7H,1-2H3,(H2,14,18)(H,16,19). The molecule has 0 fully saturated rings. The Kier molecular flexibility index (Phi) is 3.33. The van der Waals surface area contributed by atoms with Gasteiger partial charge in [0.2, 0.25) is 0 Å². The number of benzene rings is 1. The second-order valence-electron chi connectivity index (χ2n) is 4.22. The van der Waals surface area contributed by atoms with Gasteiger partial charge < -0.3 is 11.1 Å². The average molecular weight is 258 g/mol. The van der Waals surface area contributed by atoms with Crippen LogP contribution < -0.4 is 11.1 Å². The van der Waals surface area contributed by atoms with E-state index in [1.165, 1.54) is 10.9 Å². The number of nitrogens with one attached hydrogen (secondary N) is 1. The first-order valence-corrected chi connectivity index (χ1v) is 5.69. The number of primary amides is 1. The van der Waals surface area contributed by atoms with Crippen molar-refractivity contribution in [3.05, 3.63) is 47.3 Å². The van der Waals surface area contributed by atoms with Crippen molar-refractivity contribution in [2.75, 3.05) is 5.32 Å². The van der Waals surface area contributed by atoms with E-state index < -0.39 is 5.91 Å². The minimum absolute atomic E-state index is 0.168. The van der Waals surface area contributed by atoms with E-state index in [1.54, 1.807) is 25.2 Å². The number of hydrogen-bond donors (Lipinski definition) is 2. The second-order valence-corrected chi connectivity index (χ2v) is 4.22. The number of nitrogens with two attached hydrogens (primary N) is 1. The van der Waals surface area contributed by atoms with E-state index in [1.807, 2.05) is 13.0 Å². The van der Waals surface area contributed by atoms with Crippen LogP contribution in [0.2, 0.25) is 0 Å². The molecule has 0 spiro atoms. The molecule has 19 heavy (non-hydrogen) atoms. The maximum absolute atomic E-state index is 12.1. The summed E-state index contributed by atoms with van der Waals surface area (Å²) in [4.78, 5) is 23.3. The van der Waals surface area contributed by atoms with Crippen LogP contribution in [0.15, 0.2) is 30.5 Å². The Bertz CT molecular complexity index is 646. The molecule has 0 saturated heterocycles. The highest BCUT2D eigenvalue weighted by atomic mass is 16.2. The van der Waals surface area contributed by atoms with Crippen LogP contribution >= 0.6 is 0 Å². The number of rotatable bonds is 3. The van der Waals surface area contributed by atoms with Gasteiger partial charge >= 0.3 is 0 Å². The summed E-state index contributed by atoms with van der Waals surface area (Å²) in [5.74, 6) is -0.946. The molecule has 1 aromatic carbocycles. The first kappa shape index (κ1) is 12.8. The number of amides is 2. The zero-order valence-corrected chi connectivity index (χ0v) is 10.7. The van der Waals surface area contributed by atoms with E-state index in [-0.39, 0.29) is 11.6 Å². The van der Waals surface area contributed by atoms with Crippen LogP contribution in [-0.4, -0.2) is 21.6 Å². The molecule has 0 aliphatic heterocycles. The van der Waals surface area contributed by atoms with Crippen molar-refractivity contribution in [3.8, 4) is 0 Å². The normalized spacial score (nSPS) is 10.2. The van der Waals surface area contributed by atoms with E-state index >= 15 is 0 Å². The summed E-state index contributed by atoms with van der Waals surface area (Å²) in [6.45, 7) is 1.90. The van der Waals surface area contributed by atoms with Crippen molar-refractivity contribution >= 4 is 17.5 Å². The number of hydrogen-bond acceptors (Lipinski definition) is 3. The van der Waals surface area contributed by atoms with Crippen LogP contribution in [0.1, 0.15) is 26.4 Å². The summed E-state index contributed by atoms with van der Waals surface area (Å²) in [5.41, 5.74) is 7.22. The van der Waals surface area contributed by atoms with Crippen molar-refractivity contribution in [2.45, 2.75) is 6.92 Å². The van der Waals surface area contributed by atoms with Gasteiger partial charge in [-0.2, -0.15) is 5.10 Å². The summed E-state index contributed by atoms with van der Waals surface area (Å²) in [5, 5.41) is 6.54. The lowest BCUT2D eigenvalue weighted by atomic mass is 10.1. The van der Waals surface area contributed by atoms with Gasteiger partial charge in [0.25, 0.3) is 11.8 Å². The summed E-state index contributed by atoms with van der Waals surface area (Å²) in [6.07, 6.45) is 1.40. The molecule has 0 atom stereocenters. The van der Waals surface area contributed by atoms with E-state index in [9.17, 15) is 9.59 Å². The molecule has 2 aromatic rings. The van der Waals surface area contributed by atoms with Gasteiger partial charge in [-0.05, 0) is 19.1 Å². The highest BCUT2D eigenvalue weighted by molar-refractivity contribution is 6.08. The first-order chi connectivity index (χ1) is 8.99. The lowest BCUT2D eigenvalue weighted by Crippen LogP contribution is -2.20. The Morgan fingerprint density at radius 3 is 2.74 bits per heavy atom. The highest BCUT2D eigenvalue weighted by Gasteiger charge is 2.16. The molecule has 0 radical (unpaired) electrons. The molecule has 3 N–H and O–H groups in total. The number of carbonyl (C=O) groups excluding carboxylic acids is 2. The molecular weight excluding hydrogens is 244 g/mol. The molecule has 6 heteroatoms. The molecule has 0 unspecified atom stereocenters.